The van der Waals surface area contributed by atoms with Crippen LogP contribution in [0.15, 0.2) is 24.3 Å². The van der Waals surface area contributed by atoms with Gasteiger partial charge in [0, 0.05) is 19.7 Å². The fourth-order valence-corrected chi connectivity index (χ4v) is 2.12. The predicted octanol–water partition coefficient (Wildman–Crippen LogP) is 2.14. The van der Waals surface area contributed by atoms with E-state index in [9.17, 15) is 0 Å². The highest BCUT2D eigenvalue weighted by molar-refractivity contribution is 7.80. The van der Waals surface area contributed by atoms with Gasteiger partial charge < -0.3 is 15.4 Å². The summed E-state index contributed by atoms with van der Waals surface area (Å²) in [6.07, 6.45) is 2.62. The molecule has 1 unspecified atom stereocenters. The van der Waals surface area contributed by atoms with Crippen LogP contribution in [0.5, 0.6) is 0 Å². The van der Waals surface area contributed by atoms with Gasteiger partial charge in [0.1, 0.15) is 0 Å². The summed E-state index contributed by atoms with van der Waals surface area (Å²) in [5, 5.41) is 7.11. The Kier molecular flexibility index (Phi) is 4.96. The molecule has 0 amide bonds. The lowest BCUT2D eigenvalue weighted by Gasteiger charge is -2.14. The summed E-state index contributed by atoms with van der Waals surface area (Å²) < 4.78 is 5.53. The van der Waals surface area contributed by atoms with E-state index < -0.39 is 0 Å². The molecule has 1 atom stereocenters. The van der Waals surface area contributed by atoms with Gasteiger partial charge in [0.25, 0.3) is 0 Å². The smallest absolute Gasteiger partial charge is 0.166 e. The number of hydrogen-bond acceptors (Lipinski definition) is 2. The summed E-state index contributed by atoms with van der Waals surface area (Å²) >= 11 is 5.24. The average Bonchev–Trinajstić information content (AvgIpc) is 2.89. The Bertz CT molecular complexity index is 385. The van der Waals surface area contributed by atoms with E-state index in [2.05, 4.69) is 41.8 Å². The van der Waals surface area contributed by atoms with Crippen molar-refractivity contribution in [3.05, 3.63) is 35.4 Å². The number of ether oxygens (including phenoxy) is 1. The summed E-state index contributed by atoms with van der Waals surface area (Å²) in [5.41, 5.74) is 2.51. The van der Waals surface area contributed by atoms with E-state index in [0.29, 0.717) is 11.2 Å². The first-order chi connectivity index (χ1) is 8.74. The van der Waals surface area contributed by atoms with Crippen molar-refractivity contribution >= 4 is 17.3 Å². The first-order valence-corrected chi connectivity index (χ1v) is 6.84. The van der Waals surface area contributed by atoms with Crippen LogP contribution in [-0.2, 0) is 11.3 Å². The minimum absolute atomic E-state index is 0.323. The van der Waals surface area contributed by atoms with Crippen molar-refractivity contribution < 1.29 is 4.74 Å². The third-order valence-corrected chi connectivity index (χ3v) is 3.38. The third-order valence-electron chi connectivity index (χ3n) is 3.09. The van der Waals surface area contributed by atoms with Crippen LogP contribution >= 0.6 is 12.2 Å². The Labute approximate surface area is 114 Å². The van der Waals surface area contributed by atoms with Crippen LogP contribution in [0.4, 0.5) is 0 Å². The van der Waals surface area contributed by atoms with Gasteiger partial charge in [-0.1, -0.05) is 29.8 Å². The third kappa shape index (κ3) is 4.27. The molecule has 1 saturated heterocycles. The van der Waals surface area contributed by atoms with E-state index in [4.69, 9.17) is 17.0 Å². The van der Waals surface area contributed by atoms with Crippen molar-refractivity contribution in [1.29, 1.82) is 0 Å². The van der Waals surface area contributed by atoms with Gasteiger partial charge in [0.05, 0.1) is 6.10 Å². The van der Waals surface area contributed by atoms with E-state index in [-0.39, 0.29) is 0 Å². The molecule has 0 saturated carbocycles. The minimum Gasteiger partial charge on any atom is -0.376 e. The second kappa shape index (κ2) is 6.71. The Morgan fingerprint density at radius 3 is 2.78 bits per heavy atom. The van der Waals surface area contributed by atoms with Crippen molar-refractivity contribution in [2.45, 2.75) is 32.4 Å². The lowest BCUT2D eigenvalue weighted by molar-refractivity contribution is 0.114. The number of hydrogen-bond donors (Lipinski definition) is 2. The van der Waals surface area contributed by atoms with Gasteiger partial charge in [0.2, 0.25) is 0 Å². The summed E-state index contributed by atoms with van der Waals surface area (Å²) in [4.78, 5) is 0. The second-order valence-electron chi connectivity index (χ2n) is 4.68. The zero-order valence-corrected chi connectivity index (χ0v) is 11.6. The highest BCUT2D eigenvalue weighted by Gasteiger charge is 2.14. The van der Waals surface area contributed by atoms with E-state index in [1.54, 1.807) is 0 Å². The first kappa shape index (κ1) is 13.3. The maximum Gasteiger partial charge on any atom is 0.166 e. The zero-order valence-electron chi connectivity index (χ0n) is 10.7. The Balaban J connectivity index is 1.66. The molecule has 0 bridgehead atoms. The summed E-state index contributed by atoms with van der Waals surface area (Å²) in [5.74, 6) is 0. The quantitative estimate of drug-likeness (QED) is 0.816. The lowest BCUT2D eigenvalue weighted by atomic mass is 10.1. The molecule has 1 fully saturated rings. The number of nitrogens with one attached hydrogen (secondary N) is 2. The molecule has 0 spiro atoms. The van der Waals surface area contributed by atoms with E-state index >= 15 is 0 Å². The van der Waals surface area contributed by atoms with Crippen LogP contribution < -0.4 is 10.6 Å². The van der Waals surface area contributed by atoms with Crippen molar-refractivity contribution in [3.63, 3.8) is 0 Å². The van der Waals surface area contributed by atoms with E-state index in [0.717, 1.165) is 32.5 Å². The van der Waals surface area contributed by atoms with Crippen LogP contribution in [0.2, 0.25) is 0 Å². The van der Waals surface area contributed by atoms with Crippen molar-refractivity contribution in [2.75, 3.05) is 13.2 Å². The lowest BCUT2D eigenvalue weighted by Crippen LogP contribution is -2.39. The number of aryl methyl sites for hydroxylation is 1. The molecule has 98 valence electrons. The van der Waals surface area contributed by atoms with Crippen LogP contribution in [0, 0.1) is 6.92 Å². The van der Waals surface area contributed by atoms with Crippen molar-refractivity contribution in [1.82, 2.24) is 10.6 Å². The molecule has 0 aliphatic carbocycles. The molecule has 0 aromatic heterocycles. The monoisotopic (exact) mass is 264 g/mol. The van der Waals surface area contributed by atoms with E-state index in [1.807, 2.05) is 0 Å². The zero-order chi connectivity index (χ0) is 12.8. The van der Waals surface area contributed by atoms with Crippen LogP contribution in [-0.4, -0.2) is 24.4 Å². The summed E-state index contributed by atoms with van der Waals surface area (Å²) in [6, 6.07) is 8.45. The fraction of sp³-hybridized carbons (Fsp3) is 0.500. The number of rotatable bonds is 4. The standard InChI is InChI=1S/C14H20N2OS/c1-11-4-6-12(7-5-11)9-15-14(18)16-10-13-3-2-8-17-13/h4-7,13H,2-3,8-10H2,1H3,(H2,15,16,18). The topological polar surface area (TPSA) is 33.3 Å². The molecule has 4 heteroatoms. The van der Waals surface area contributed by atoms with Crippen LogP contribution in [0.1, 0.15) is 24.0 Å². The highest BCUT2D eigenvalue weighted by Crippen LogP contribution is 2.10. The van der Waals surface area contributed by atoms with E-state index in [1.165, 1.54) is 11.1 Å². The van der Waals surface area contributed by atoms with Gasteiger partial charge in [-0.15, -0.1) is 0 Å². The Hall–Kier alpha value is -1.13. The molecular weight excluding hydrogens is 244 g/mol. The highest BCUT2D eigenvalue weighted by atomic mass is 32.1. The molecular formula is C14H20N2OS. The molecule has 1 aromatic carbocycles. The van der Waals surface area contributed by atoms with Gasteiger partial charge in [-0.25, -0.2) is 0 Å². The summed E-state index contributed by atoms with van der Waals surface area (Å²) in [7, 11) is 0. The first-order valence-electron chi connectivity index (χ1n) is 6.43. The molecule has 0 radical (unpaired) electrons. The SMILES string of the molecule is Cc1ccc(CNC(=S)NCC2CCCO2)cc1. The predicted molar refractivity (Wildman–Crippen MR) is 77.6 cm³/mol. The van der Waals surface area contributed by atoms with Gasteiger partial charge in [-0.2, -0.15) is 0 Å². The van der Waals surface area contributed by atoms with Gasteiger partial charge in [-0.05, 0) is 37.5 Å². The van der Waals surface area contributed by atoms with Crippen LogP contribution in [0.25, 0.3) is 0 Å². The average molecular weight is 264 g/mol. The molecule has 2 N–H and O–H groups in total. The van der Waals surface area contributed by atoms with Crippen molar-refractivity contribution in [3.8, 4) is 0 Å². The minimum atomic E-state index is 0.323. The van der Waals surface area contributed by atoms with Gasteiger partial charge >= 0.3 is 0 Å². The van der Waals surface area contributed by atoms with Gasteiger partial charge in [-0.3, -0.25) is 0 Å². The van der Waals surface area contributed by atoms with Gasteiger partial charge in [0.15, 0.2) is 5.11 Å². The van der Waals surface area contributed by atoms with Crippen LogP contribution in [0.3, 0.4) is 0 Å². The molecule has 1 aromatic rings. The largest absolute Gasteiger partial charge is 0.376 e. The Morgan fingerprint density at radius 1 is 1.33 bits per heavy atom. The molecule has 2 rings (SSSR count). The fourth-order valence-electron chi connectivity index (χ4n) is 1.96. The maximum atomic E-state index is 5.53. The van der Waals surface area contributed by atoms with Crippen molar-refractivity contribution in [2.24, 2.45) is 0 Å². The molecule has 1 aliphatic heterocycles. The molecule has 18 heavy (non-hydrogen) atoms. The molecule has 3 nitrogen and oxygen atoms in total. The Morgan fingerprint density at radius 2 is 2.11 bits per heavy atom. The normalized spacial score (nSPS) is 18.6. The molecule has 1 heterocycles. The summed E-state index contributed by atoms with van der Waals surface area (Å²) in [6.45, 7) is 4.54. The number of benzene rings is 1. The molecule has 1 aliphatic rings. The maximum absolute atomic E-state index is 5.53. The second-order valence-corrected chi connectivity index (χ2v) is 5.09. The number of thiocarbonyl (C=S) groups is 1.